The Morgan fingerprint density at radius 1 is 0.962 bits per heavy atom. The number of nitrogens with zero attached hydrogens (tertiary/aromatic N) is 4. The summed E-state index contributed by atoms with van der Waals surface area (Å²) in [6.07, 6.45) is 0. The van der Waals surface area contributed by atoms with Crippen molar-refractivity contribution in [3.63, 3.8) is 0 Å². The molecule has 4 rings (SSSR count). The van der Waals surface area contributed by atoms with E-state index < -0.39 is 0 Å². The van der Waals surface area contributed by atoms with E-state index in [1.807, 2.05) is 36.4 Å². The first kappa shape index (κ1) is 16.6. The minimum Gasteiger partial charge on any atom is -0.497 e. The highest BCUT2D eigenvalue weighted by Crippen LogP contribution is 2.25. The Bertz CT molecular complexity index is 1040. The Hall–Kier alpha value is -2.86. The van der Waals surface area contributed by atoms with E-state index in [-0.39, 0.29) is 0 Å². The minimum atomic E-state index is 0.723. The molecule has 0 radical (unpaired) electrons. The Labute approximate surface area is 156 Å². The van der Waals surface area contributed by atoms with Crippen molar-refractivity contribution in [3.8, 4) is 17.1 Å². The van der Waals surface area contributed by atoms with Crippen LogP contribution in [0.1, 0.15) is 11.1 Å². The van der Waals surface area contributed by atoms with Crippen LogP contribution in [-0.4, -0.2) is 26.9 Å². The van der Waals surface area contributed by atoms with Crippen molar-refractivity contribution >= 4 is 17.4 Å². The maximum absolute atomic E-state index is 5.21. The highest BCUT2D eigenvalue weighted by atomic mass is 32.2. The van der Waals surface area contributed by atoms with Crippen LogP contribution in [0.4, 0.5) is 0 Å². The van der Waals surface area contributed by atoms with Gasteiger partial charge in [0.15, 0.2) is 11.5 Å². The molecule has 26 heavy (non-hydrogen) atoms. The van der Waals surface area contributed by atoms with Crippen molar-refractivity contribution < 1.29 is 4.74 Å². The number of aromatic nitrogens is 4. The van der Waals surface area contributed by atoms with E-state index in [1.165, 1.54) is 11.1 Å². The maximum atomic E-state index is 5.21. The number of aryl methyl sites for hydroxylation is 1. The zero-order chi connectivity index (χ0) is 17.9. The summed E-state index contributed by atoms with van der Waals surface area (Å²) < 4.78 is 7.01. The molecule has 2 aromatic heterocycles. The van der Waals surface area contributed by atoms with E-state index in [1.54, 1.807) is 23.4 Å². The van der Waals surface area contributed by atoms with Crippen molar-refractivity contribution in [2.24, 2.45) is 0 Å². The van der Waals surface area contributed by atoms with Crippen LogP contribution in [0.3, 0.4) is 0 Å². The van der Waals surface area contributed by atoms with Gasteiger partial charge >= 0.3 is 0 Å². The summed E-state index contributed by atoms with van der Waals surface area (Å²) in [6.45, 7) is 2.13. The van der Waals surface area contributed by atoms with Crippen molar-refractivity contribution in [2.75, 3.05) is 7.11 Å². The van der Waals surface area contributed by atoms with Gasteiger partial charge in [0, 0.05) is 11.3 Å². The lowest BCUT2D eigenvalue weighted by Crippen LogP contribution is -1.97. The van der Waals surface area contributed by atoms with Gasteiger partial charge in [0.2, 0.25) is 0 Å². The topological polar surface area (TPSA) is 52.3 Å². The first-order valence-electron chi connectivity index (χ1n) is 8.29. The number of fused-ring (bicyclic) bond motifs is 1. The van der Waals surface area contributed by atoms with Gasteiger partial charge in [-0.25, -0.2) is 0 Å². The predicted octanol–water partition coefficient (Wildman–Crippen LogP) is 4.40. The third-order valence-electron chi connectivity index (χ3n) is 4.22. The second-order valence-corrected chi connectivity index (χ2v) is 6.90. The third-order valence-corrected chi connectivity index (χ3v) is 5.19. The molecule has 0 bridgehead atoms. The summed E-state index contributed by atoms with van der Waals surface area (Å²) in [7, 11) is 1.65. The molecule has 4 aromatic rings. The van der Waals surface area contributed by atoms with E-state index in [0.717, 1.165) is 33.6 Å². The van der Waals surface area contributed by atoms with Crippen LogP contribution in [0.2, 0.25) is 0 Å². The van der Waals surface area contributed by atoms with E-state index >= 15 is 0 Å². The molecule has 0 saturated heterocycles. The molecule has 130 valence electrons. The average molecular weight is 362 g/mol. The molecule has 0 atom stereocenters. The standard InChI is InChI=1S/C20H18N4OS/c1-14-5-3-4-6-16(14)13-26-19-12-11-18-21-22-20(24(18)23-19)15-7-9-17(25-2)10-8-15/h3-12H,13H2,1-2H3. The highest BCUT2D eigenvalue weighted by molar-refractivity contribution is 7.98. The number of ether oxygens (including phenoxy) is 1. The molecule has 0 unspecified atom stereocenters. The molecule has 0 aliphatic carbocycles. The van der Waals surface area contributed by atoms with Crippen LogP contribution in [0.25, 0.3) is 17.0 Å². The molecule has 0 fully saturated rings. The smallest absolute Gasteiger partial charge is 0.185 e. The summed E-state index contributed by atoms with van der Waals surface area (Å²) >= 11 is 1.71. The van der Waals surface area contributed by atoms with Gasteiger partial charge in [-0.2, -0.15) is 9.61 Å². The second kappa shape index (κ2) is 7.17. The van der Waals surface area contributed by atoms with Gasteiger partial charge in [0.05, 0.1) is 7.11 Å². The zero-order valence-corrected chi connectivity index (χ0v) is 15.4. The molecule has 0 spiro atoms. The predicted molar refractivity (Wildman–Crippen MR) is 104 cm³/mol. The lowest BCUT2D eigenvalue weighted by Gasteiger charge is -2.06. The quantitative estimate of drug-likeness (QED) is 0.493. The van der Waals surface area contributed by atoms with Gasteiger partial charge in [-0.3, -0.25) is 0 Å². The number of thioether (sulfide) groups is 1. The van der Waals surface area contributed by atoms with Crippen molar-refractivity contribution in [3.05, 3.63) is 71.8 Å². The van der Waals surface area contributed by atoms with Crippen LogP contribution < -0.4 is 4.74 Å². The van der Waals surface area contributed by atoms with Crippen LogP contribution in [0, 0.1) is 6.92 Å². The molecule has 2 heterocycles. The van der Waals surface area contributed by atoms with Gasteiger partial charge in [-0.15, -0.1) is 10.2 Å². The van der Waals surface area contributed by atoms with E-state index in [9.17, 15) is 0 Å². The average Bonchev–Trinajstić information content (AvgIpc) is 3.11. The van der Waals surface area contributed by atoms with Gasteiger partial charge in [0.25, 0.3) is 0 Å². The maximum Gasteiger partial charge on any atom is 0.185 e. The zero-order valence-electron chi connectivity index (χ0n) is 14.6. The summed E-state index contributed by atoms with van der Waals surface area (Å²) in [5.41, 5.74) is 4.30. The molecule has 2 aromatic carbocycles. The van der Waals surface area contributed by atoms with Crippen LogP contribution in [0.5, 0.6) is 5.75 Å². The largest absolute Gasteiger partial charge is 0.497 e. The fraction of sp³-hybridized carbons (Fsp3) is 0.150. The van der Waals surface area contributed by atoms with Crippen LogP contribution in [-0.2, 0) is 5.75 Å². The summed E-state index contributed by atoms with van der Waals surface area (Å²) in [6, 6.07) is 20.1. The molecule has 0 aliphatic heterocycles. The number of hydrogen-bond acceptors (Lipinski definition) is 5. The molecule has 5 nitrogen and oxygen atoms in total. The van der Waals surface area contributed by atoms with E-state index in [2.05, 4.69) is 41.4 Å². The van der Waals surface area contributed by atoms with Gasteiger partial charge in [-0.1, -0.05) is 36.0 Å². The first-order valence-corrected chi connectivity index (χ1v) is 9.27. The first-order chi connectivity index (χ1) is 12.7. The summed E-state index contributed by atoms with van der Waals surface area (Å²) in [4.78, 5) is 0. The number of benzene rings is 2. The minimum absolute atomic E-state index is 0.723. The van der Waals surface area contributed by atoms with Crippen molar-refractivity contribution in [1.29, 1.82) is 0 Å². The fourth-order valence-corrected chi connectivity index (χ4v) is 3.62. The van der Waals surface area contributed by atoms with E-state index in [4.69, 9.17) is 9.84 Å². The van der Waals surface area contributed by atoms with Crippen LogP contribution in [0.15, 0.2) is 65.7 Å². The second-order valence-electron chi connectivity index (χ2n) is 5.91. The Kier molecular flexibility index (Phi) is 4.58. The van der Waals surface area contributed by atoms with Gasteiger partial charge in [0.1, 0.15) is 10.8 Å². The molecule has 0 aliphatic rings. The van der Waals surface area contributed by atoms with Gasteiger partial charge in [-0.05, 0) is 54.4 Å². The van der Waals surface area contributed by atoms with Gasteiger partial charge < -0.3 is 4.74 Å². The SMILES string of the molecule is COc1ccc(-c2nnc3ccc(SCc4ccccc4C)nn23)cc1. The normalized spacial score (nSPS) is 11.0. The molecule has 0 saturated carbocycles. The fourth-order valence-electron chi connectivity index (χ4n) is 2.69. The third kappa shape index (κ3) is 3.28. The van der Waals surface area contributed by atoms with Crippen LogP contribution >= 0.6 is 11.8 Å². The molecular formula is C20H18N4OS. The van der Waals surface area contributed by atoms with Crippen molar-refractivity contribution in [2.45, 2.75) is 17.7 Å². The molecule has 0 amide bonds. The Morgan fingerprint density at radius 2 is 1.77 bits per heavy atom. The lowest BCUT2D eigenvalue weighted by molar-refractivity contribution is 0.415. The number of hydrogen-bond donors (Lipinski definition) is 0. The molecule has 0 N–H and O–H groups in total. The summed E-state index contributed by atoms with van der Waals surface area (Å²) in [5, 5.41) is 14.2. The van der Waals surface area contributed by atoms with Crippen molar-refractivity contribution in [1.82, 2.24) is 19.8 Å². The molecule has 6 heteroatoms. The Balaban J connectivity index is 1.62. The highest BCUT2D eigenvalue weighted by Gasteiger charge is 2.11. The number of methoxy groups -OCH3 is 1. The lowest BCUT2D eigenvalue weighted by atomic mass is 10.1. The number of rotatable bonds is 5. The Morgan fingerprint density at radius 3 is 2.54 bits per heavy atom. The van der Waals surface area contributed by atoms with E-state index in [0.29, 0.717) is 0 Å². The monoisotopic (exact) mass is 362 g/mol. The summed E-state index contributed by atoms with van der Waals surface area (Å²) in [5.74, 6) is 2.41. The molecular weight excluding hydrogens is 344 g/mol.